The van der Waals surface area contributed by atoms with Crippen LogP contribution in [0, 0.1) is 0 Å². The summed E-state index contributed by atoms with van der Waals surface area (Å²) in [6.07, 6.45) is 1.76. The number of halogens is 1. The van der Waals surface area contributed by atoms with Crippen LogP contribution in [0.5, 0.6) is 0 Å². The normalized spacial score (nSPS) is 12.2. The predicted molar refractivity (Wildman–Crippen MR) is 76.3 cm³/mol. The molecule has 0 bridgehead atoms. The molecule has 1 aromatic rings. The van der Waals surface area contributed by atoms with E-state index in [-0.39, 0.29) is 12.0 Å². The molecule has 0 amide bonds. The van der Waals surface area contributed by atoms with Gasteiger partial charge in [-0.2, -0.15) is 0 Å². The third-order valence-corrected chi connectivity index (χ3v) is 3.14. The molecular formula is C14H20BrNO2. The van der Waals surface area contributed by atoms with Crippen LogP contribution in [0.25, 0.3) is 0 Å². The summed E-state index contributed by atoms with van der Waals surface area (Å²) < 4.78 is 6.11. The number of esters is 1. The molecule has 1 N–H and O–H groups in total. The van der Waals surface area contributed by atoms with Gasteiger partial charge in [0.15, 0.2) is 0 Å². The van der Waals surface area contributed by atoms with Gasteiger partial charge in [0.25, 0.3) is 0 Å². The van der Waals surface area contributed by atoms with Gasteiger partial charge in [-0.15, -0.1) is 0 Å². The Morgan fingerprint density at radius 1 is 1.33 bits per heavy atom. The highest BCUT2D eigenvalue weighted by atomic mass is 79.9. The second-order valence-corrected chi connectivity index (χ2v) is 5.02. The Morgan fingerprint density at radius 2 is 2.00 bits per heavy atom. The van der Waals surface area contributed by atoms with E-state index in [2.05, 4.69) is 28.2 Å². The molecule has 1 atom stereocenters. The molecule has 0 aromatic heterocycles. The fourth-order valence-electron chi connectivity index (χ4n) is 1.68. The summed E-state index contributed by atoms with van der Waals surface area (Å²) in [5.41, 5.74) is 1.16. The molecule has 0 aliphatic rings. The van der Waals surface area contributed by atoms with E-state index in [0.29, 0.717) is 13.2 Å². The fourth-order valence-corrected chi connectivity index (χ4v) is 1.94. The number of hydrogen-bond donors (Lipinski definition) is 1. The number of rotatable bonds is 7. The van der Waals surface area contributed by atoms with Crippen LogP contribution in [0.4, 0.5) is 0 Å². The minimum absolute atomic E-state index is 0.156. The van der Waals surface area contributed by atoms with Crippen molar-refractivity contribution in [2.75, 3.05) is 6.61 Å². The molecule has 0 spiro atoms. The first-order chi connectivity index (χ1) is 8.67. The number of benzene rings is 1. The van der Waals surface area contributed by atoms with Gasteiger partial charge in [0.1, 0.15) is 6.04 Å². The highest BCUT2D eigenvalue weighted by molar-refractivity contribution is 9.10. The topological polar surface area (TPSA) is 38.3 Å². The van der Waals surface area contributed by atoms with Gasteiger partial charge in [0, 0.05) is 11.0 Å². The van der Waals surface area contributed by atoms with Crippen LogP contribution in [0.15, 0.2) is 28.7 Å². The van der Waals surface area contributed by atoms with Crippen molar-refractivity contribution in [2.45, 2.75) is 39.3 Å². The van der Waals surface area contributed by atoms with Crippen LogP contribution < -0.4 is 5.32 Å². The zero-order valence-corrected chi connectivity index (χ0v) is 12.5. The van der Waals surface area contributed by atoms with Crippen molar-refractivity contribution in [1.29, 1.82) is 0 Å². The van der Waals surface area contributed by atoms with Gasteiger partial charge in [-0.3, -0.25) is 4.79 Å². The molecule has 3 nitrogen and oxygen atoms in total. The van der Waals surface area contributed by atoms with Crippen LogP contribution in [0.3, 0.4) is 0 Å². The number of hydrogen-bond acceptors (Lipinski definition) is 3. The molecular weight excluding hydrogens is 294 g/mol. The smallest absolute Gasteiger partial charge is 0.323 e. The standard InChI is InChI=1S/C14H20BrNO2/c1-3-5-13(14(17)18-4-2)16-10-11-6-8-12(15)9-7-11/h6-9,13,16H,3-5,10H2,1-2H3. The largest absolute Gasteiger partial charge is 0.465 e. The maximum Gasteiger partial charge on any atom is 0.323 e. The summed E-state index contributed by atoms with van der Waals surface area (Å²) in [7, 11) is 0. The highest BCUT2D eigenvalue weighted by Crippen LogP contribution is 2.11. The molecule has 1 rings (SSSR count). The first-order valence-electron chi connectivity index (χ1n) is 6.31. The molecule has 18 heavy (non-hydrogen) atoms. The lowest BCUT2D eigenvalue weighted by molar-refractivity contribution is -0.145. The molecule has 0 radical (unpaired) electrons. The average molecular weight is 314 g/mol. The van der Waals surface area contributed by atoms with E-state index in [9.17, 15) is 4.79 Å². The summed E-state index contributed by atoms with van der Waals surface area (Å²) in [6, 6.07) is 7.85. The molecule has 0 fully saturated rings. The van der Waals surface area contributed by atoms with Crippen molar-refractivity contribution in [3.8, 4) is 0 Å². The van der Waals surface area contributed by atoms with Gasteiger partial charge in [-0.25, -0.2) is 0 Å². The Kier molecular flexibility index (Phi) is 6.98. The van der Waals surface area contributed by atoms with Crippen molar-refractivity contribution in [3.63, 3.8) is 0 Å². The maximum atomic E-state index is 11.7. The molecule has 1 aromatic carbocycles. The monoisotopic (exact) mass is 313 g/mol. The van der Waals surface area contributed by atoms with Crippen molar-refractivity contribution < 1.29 is 9.53 Å². The van der Waals surface area contributed by atoms with Crippen molar-refractivity contribution in [3.05, 3.63) is 34.3 Å². The van der Waals surface area contributed by atoms with Gasteiger partial charge >= 0.3 is 5.97 Å². The lowest BCUT2D eigenvalue weighted by Crippen LogP contribution is -2.37. The average Bonchev–Trinajstić information content (AvgIpc) is 2.36. The third kappa shape index (κ3) is 5.19. The highest BCUT2D eigenvalue weighted by Gasteiger charge is 2.17. The Bertz CT molecular complexity index is 365. The minimum atomic E-state index is -0.210. The van der Waals surface area contributed by atoms with Gasteiger partial charge < -0.3 is 10.1 Å². The van der Waals surface area contributed by atoms with E-state index < -0.39 is 0 Å². The van der Waals surface area contributed by atoms with Gasteiger partial charge in [-0.05, 0) is 31.0 Å². The Hall–Kier alpha value is -0.870. The summed E-state index contributed by atoms with van der Waals surface area (Å²) in [4.78, 5) is 11.7. The minimum Gasteiger partial charge on any atom is -0.465 e. The Labute approximate surface area is 117 Å². The molecule has 0 saturated heterocycles. The number of carbonyl (C=O) groups is 1. The second kappa shape index (κ2) is 8.27. The zero-order chi connectivity index (χ0) is 13.4. The number of nitrogens with one attached hydrogen (secondary N) is 1. The molecule has 0 heterocycles. The second-order valence-electron chi connectivity index (χ2n) is 4.10. The summed E-state index contributed by atoms with van der Waals surface area (Å²) in [5, 5.41) is 3.25. The SMILES string of the molecule is CCCC(NCc1ccc(Br)cc1)C(=O)OCC. The molecule has 4 heteroatoms. The van der Waals surface area contributed by atoms with Gasteiger partial charge in [-0.1, -0.05) is 41.4 Å². The lowest BCUT2D eigenvalue weighted by atomic mass is 10.1. The molecule has 1 unspecified atom stereocenters. The quantitative estimate of drug-likeness (QED) is 0.785. The van der Waals surface area contributed by atoms with E-state index in [1.165, 1.54) is 0 Å². The summed E-state index contributed by atoms with van der Waals surface area (Å²) in [6.45, 7) is 5.00. The number of ether oxygens (including phenoxy) is 1. The fraction of sp³-hybridized carbons (Fsp3) is 0.500. The molecule has 0 aliphatic carbocycles. The van der Waals surface area contributed by atoms with Crippen molar-refractivity contribution in [1.82, 2.24) is 5.32 Å². The van der Waals surface area contributed by atoms with Gasteiger partial charge in [0.2, 0.25) is 0 Å². The molecule has 0 aliphatic heterocycles. The Balaban J connectivity index is 2.51. The lowest BCUT2D eigenvalue weighted by Gasteiger charge is -2.16. The predicted octanol–water partition coefficient (Wildman–Crippen LogP) is 3.27. The van der Waals surface area contributed by atoms with Crippen molar-refractivity contribution in [2.24, 2.45) is 0 Å². The van der Waals surface area contributed by atoms with Crippen LogP contribution in [0.2, 0.25) is 0 Å². The van der Waals surface area contributed by atoms with E-state index in [1.807, 2.05) is 31.2 Å². The number of carbonyl (C=O) groups excluding carboxylic acids is 1. The zero-order valence-electron chi connectivity index (χ0n) is 10.9. The summed E-state index contributed by atoms with van der Waals surface area (Å²) >= 11 is 3.40. The van der Waals surface area contributed by atoms with E-state index >= 15 is 0 Å². The Morgan fingerprint density at radius 3 is 2.56 bits per heavy atom. The van der Waals surface area contributed by atoms with Gasteiger partial charge in [0.05, 0.1) is 6.61 Å². The van der Waals surface area contributed by atoms with Crippen LogP contribution in [0.1, 0.15) is 32.3 Å². The maximum absolute atomic E-state index is 11.7. The van der Waals surface area contributed by atoms with Crippen molar-refractivity contribution >= 4 is 21.9 Å². The third-order valence-electron chi connectivity index (χ3n) is 2.61. The van der Waals surface area contributed by atoms with E-state index in [1.54, 1.807) is 0 Å². The van der Waals surface area contributed by atoms with Crippen LogP contribution in [-0.2, 0) is 16.1 Å². The first kappa shape index (κ1) is 15.2. The summed E-state index contributed by atoms with van der Waals surface area (Å²) in [5.74, 6) is -0.156. The van der Waals surface area contributed by atoms with Crippen LogP contribution >= 0.6 is 15.9 Å². The van der Waals surface area contributed by atoms with E-state index in [0.717, 1.165) is 22.9 Å². The van der Waals surface area contributed by atoms with Crippen LogP contribution in [-0.4, -0.2) is 18.6 Å². The van der Waals surface area contributed by atoms with E-state index in [4.69, 9.17) is 4.74 Å². The molecule has 0 saturated carbocycles. The first-order valence-corrected chi connectivity index (χ1v) is 7.11. The molecule has 100 valence electrons.